The number of nitrogens with zero attached hydrogens (tertiary/aromatic N) is 4. The molecule has 0 radical (unpaired) electrons. The normalized spacial score (nSPS) is 22.5. The third-order valence-electron chi connectivity index (χ3n) is 8.94. The average molecular weight is 587 g/mol. The fourth-order valence-corrected chi connectivity index (χ4v) is 7.39. The molecule has 1 aromatic heterocycles. The highest BCUT2D eigenvalue weighted by Crippen LogP contribution is 2.41. The molecule has 3 fully saturated rings. The Labute approximate surface area is 251 Å². The van der Waals surface area contributed by atoms with Gasteiger partial charge >= 0.3 is 12.0 Å². The largest absolute Gasteiger partial charge is 0.478 e. The Morgan fingerprint density at radius 3 is 2.33 bits per heavy atom. The fourth-order valence-electron chi connectivity index (χ4n) is 6.64. The number of carboxylic acids is 1. The second kappa shape index (κ2) is 12.5. The van der Waals surface area contributed by atoms with E-state index in [1.165, 1.54) is 17.3 Å². The van der Waals surface area contributed by atoms with E-state index in [1.54, 1.807) is 12.1 Å². The maximum atomic E-state index is 14.0. The number of likely N-dealkylation sites (tertiary alicyclic amines) is 1. The minimum Gasteiger partial charge on any atom is -0.478 e. The molecule has 2 aromatic carbocycles. The molecule has 3 aliphatic rings. The van der Waals surface area contributed by atoms with Gasteiger partial charge in [-0.1, -0.05) is 48.2 Å². The number of ether oxygens (including phenoxy) is 1. The first kappa shape index (κ1) is 28.7. The molecule has 3 aliphatic heterocycles. The number of carboxylic acid groups (broad SMARTS) is 1. The summed E-state index contributed by atoms with van der Waals surface area (Å²) in [7, 11) is 0. The smallest absolute Gasteiger partial charge is 0.335 e. The first-order valence-corrected chi connectivity index (χ1v) is 15.6. The molecule has 3 saturated heterocycles. The van der Waals surface area contributed by atoms with E-state index in [2.05, 4.69) is 56.9 Å². The summed E-state index contributed by atoms with van der Waals surface area (Å²) in [5, 5.41) is 9.97. The summed E-state index contributed by atoms with van der Waals surface area (Å²) in [5.41, 5.74) is 2.30. The van der Waals surface area contributed by atoms with Crippen molar-refractivity contribution in [1.82, 2.24) is 19.7 Å². The van der Waals surface area contributed by atoms with E-state index < -0.39 is 5.97 Å². The zero-order chi connectivity index (χ0) is 29.1. The van der Waals surface area contributed by atoms with Gasteiger partial charge in [-0.05, 0) is 74.1 Å². The molecule has 2 amide bonds. The van der Waals surface area contributed by atoms with Crippen molar-refractivity contribution >= 4 is 23.8 Å². The van der Waals surface area contributed by atoms with Crippen LogP contribution in [0.4, 0.5) is 4.79 Å². The van der Waals surface area contributed by atoms with Crippen LogP contribution in [0.3, 0.4) is 0 Å². The number of rotatable bonds is 8. The van der Waals surface area contributed by atoms with Gasteiger partial charge in [0, 0.05) is 56.0 Å². The van der Waals surface area contributed by atoms with Crippen LogP contribution in [0.1, 0.15) is 54.1 Å². The molecular formula is C33H38N4O4S. The second-order valence-corrected chi connectivity index (χ2v) is 12.8. The van der Waals surface area contributed by atoms with E-state index in [0.29, 0.717) is 0 Å². The van der Waals surface area contributed by atoms with Crippen LogP contribution in [0.15, 0.2) is 82.8 Å². The molecule has 9 heteroatoms. The number of benzene rings is 2. The van der Waals surface area contributed by atoms with Crippen molar-refractivity contribution in [1.29, 1.82) is 0 Å². The number of piperidine rings is 1. The number of carbonyl (C=O) groups excluding carboxylic acids is 1. The number of amides is 2. The first-order valence-electron chi connectivity index (χ1n) is 14.8. The van der Waals surface area contributed by atoms with Crippen LogP contribution in [-0.2, 0) is 16.8 Å². The van der Waals surface area contributed by atoms with Crippen molar-refractivity contribution < 1.29 is 19.4 Å². The zero-order valence-electron chi connectivity index (χ0n) is 24.0. The van der Waals surface area contributed by atoms with Gasteiger partial charge in [0.05, 0.1) is 17.6 Å². The van der Waals surface area contributed by atoms with Gasteiger partial charge in [-0.15, -0.1) is 0 Å². The first-order chi connectivity index (χ1) is 20.4. The minimum absolute atomic E-state index is 0.182. The molecule has 0 spiro atoms. The van der Waals surface area contributed by atoms with Gasteiger partial charge < -0.3 is 19.6 Å². The predicted octanol–water partition coefficient (Wildman–Crippen LogP) is 5.73. The number of hydrogen-bond acceptors (Lipinski definition) is 6. The number of aromatic carboxylic acids is 1. The van der Waals surface area contributed by atoms with Crippen LogP contribution in [0.25, 0.3) is 0 Å². The van der Waals surface area contributed by atoms with Crippen LogP contribution < -0.4 is 0 Å². The van der Waals surface area contributed by atoms with Crippen LogP contribution in [-0.4, -0.2) is 81.7 Å². The predicted molar refractivity (Wildman–Crippen MR) is 162 cm³/mol. The standard InChI is InChI=1S/C33H38N4O4S/c1-33(26-5-3-2-4-6-26)23-36(27-15-19-41-20-16-27)32(40)37(33)28-13-17-35(18-14-28)22-24-7-12-30(34-21-24)42-29-10-8-25(9-11-29)31(38)39/h2-12,21,27-28H,13-20,22-23H2,1H3,(H,38,39)/t33-/m0/s1. The highest BCUT2D eigenvalue weighted by Gasteiger charge is 2.52. The van der Waals surface area contributed by atoms with E-state index in [0.717, 1.165) is 80.6 Å². The molecule has 0 saturated carbocycles. The highest BCUT2D eigenvalue weighted by atomic mass is 32.2. The van der Waals surface area contributed by atoms with Crippen molar-refractivity contribution in [3.8, 4) is 0 Å². The lowest BCUT2D eigenvalue weighted by Crippen LogP contribution is -2.52. The Bertz CT molecular complexity index is 1370. The third-order valence-corrected chi connectivity index (χ3v) is 9.90. The van der Waals surface area contributed by atoms with Crippen LogP contribution in [0.5, 0.6) is 0 Å². The molecule has 0 aliphatic carbocycles. The molecule has 0 bridgehead atoms. The summed E-state index contributed by atoms with van der Waals surface area (Å²) < 4.78 is 5.60. The van der Waals surface area contributed by atoms with Gasteiger partial charge in [0.1, 0.15) is 5.03 Å². The third kappa shape index (κ3) is 6.04. The van der Waals surface area contributed by atoms with Gasteiger partial charge in [-0.3, -0.25) is 4.90 Å². The Morgan fingerprint density at radius 2 is 1.69 bits per heavy atom. The Balaban J connectivity index is 1.09. The van der Waals surface area contributed by atoms with Gasteiger partial charge in [-0.25, -0.2) is 14.6 Å². The molecule has 220 valence electrons. The van der Waals surface area contributed by atoms with Crippen LogP contribution in [0.2, 0.25) is 0 Å². The summed E-state index contributed by atoms with van der Waals surface area (Å²) in [4.78, 5) is 37.5. The van der Waals surface area contributed by atoms with Gasteiger partial charge in [-0.2, -0.15) is 0 Å². The summed E-state index contributed by atoms with van der Waals surface area (Å²) in [6, 6.07) is 22.2. The second-order valence-electron chi connectivity index (χ2n) is 11.7. The van der Waals surface area contributed by atoms with E-state index in [4.69, 9.17) is 9.84 Å². The van der Waals surface area contributed by atoms with Crippen molar-refractivity contribution in [2.75, 3.05) is 32.8 Å². The molecule has 3 aromatic rings. The lowest BCUT2D eigenvalue weighted by molar-refractivity contribution is 0.0492. The van der Waals surface area contributed by atoms with E-state index >= 15 is 0 Å². The maximum Gasteiger partial charge on any atom is 0.335 e. The number of carbonyl (C=O) groups is 2. The molecule has 42 heavy (non-hydrogen) atoms. The Hall–Kier alpha value is -3.40. The topological polar surface area (TPSA) is 86.2 Å². The molecule has 0 unspecified atom stereocenters. The number of aromatic nitrogens is 1. The number of hydrogen-bond donors (Lipinski definition) is 1. The monoisotopic (exact) mass is 586 g/mol. The average Bonchev–Trinajstić information content (AvgIpc) is 3.30. The van der Waals surface area contributed by atoms with E-state index in [1.807, 2.05) is 30.5 Å². The van der Waals surface area contributed by atoms with Crippen molar-refractivity contribution in [3.05, 3.63) is 89.6 Å². The van der Waals surface area contributed by atoms with Gasteiger partial charge in [0.15, 0.2) is 0 Å². The number of urea groups is 1. The Kier molecular flexibility index (Phi) is 8.51. The van der Waals surface area contributed by atoms with E-state index in [9.17, 15) is 9.59 Å². The van der Waals surface area contributed by atoms with Crippen molar-refractivity contribution in [3.63, 3.8) is 0 Å². The van der Waals surface area contributed by atoms with Crippen LogP contribution >= 0.6 is 11.8 Å². The van der Waals surface area contributed by atoms with Crippen molar-refractivity contribution in [2.45, 2.75) is 66.7 Å². The molecular weight excluding hydrogens is 548 g/mol. The highest BCUT2D eigenvalue weighted by molar-refractivity contribution is 7.99. The van der Waals surface area contributed by atoms with Gasteiger partial charge in [0.2, 0.25) is 0 Å². The Morgan fingerprint density at radius 1 is 0.976 bits per heavy atom. The summed E-state index contributed by atoms with van der Waals surface area (Å²) in [6.45, 7) is 7.12. The molecule has 6 rings (SSSR count). The van der Waals surface area contributed by atoms with Crippen LogP contribution in [0, 0.1) is 0 Å². The van der Waals surface area contributed by atoms with Gasteiger partial charge in [0.25, 0.3) is 0 Å². The number of pyridine rings is 1. The SMILES string of the molecule is C[C@@]1(c2ccccc2)CN(C2CCOCC2)C(=O)N1C1CCN(Cc2ccc(Sc3ccc(C(=O)O)cc3)nc2)CC1. The lowest BCUT2D eigenvalue weighted by Gasteiger charge is -2.43. The lowest BCUT2D eigenvalue weighted by atomic mass is 9.88. The summed E-state index contributed by atoms with van der Waals surface area (Å²) in [5.74, 6) is -0.924. The van der Waals surface area contributed by atoms with Crippen molar-refractivity contribution in [2.24, 2.45) is 0 Å². The molecule has 1 atom stereocenters. The molecule has 4 heterocycles. The summed E-state index contributed by atoms with van der Waals surface area (Å²) in [6.07, 6.45) is 5.64. The molecule has 1 N–H and O–H groups in total. The minimum atomic E-state index is -0.924. The van der Waals surface area contributed by atoms with E-state index in [-0.39, 0.29) is 29.2 Å². The quantitative estimate of drug-likeness (QED) is 0.361. The fraction of sp³-hybridized carbons (Fsp3) is 0.424. The zero-order valence-corrected chi connectivity index (χ0v) is 24.8. The summed E-state index contributed by atoms with van der Waals surface area (Å²) >= 11 is 1.52. The molecule has 8 nitrogen and oxygen atoms in total. The maximum absolute atomic E-state index is 14.0.